The number of amides is 1. The van der Waals surface area contributed by atoms with Crippen LogP contribution in [0.25, 0.3) is 0 Å². The molecule has 1 saturated carbocycles. The smallest absolute Gasteiger partial charge is 0.241 e. The first-order valence-corrected chi connectivity index (χ1v) is 7.96. The van der Waals surface area contributed by atoms with Crippen LogP contribution in [0.1, 0.15) is 49.7 Å². The first kappa shape index (κ1) is 14.4. The lowest BCUT2D eigenvalue weighted by Gasteiger charge is -2.12. The van der Waals surface area contributed by atoms with Crippen molar-refractivity contribution < 1.29 is 4.79 Å². The Morgan fingerprint density at radius 3 is 2.58 bits per heavy atom. The third kappa shape index (κ3) is 3.98. The minimum absolute atomic E-state index is 0.145. The summed E-state index contributed by atoms with van der Waals surface area (Å²) < 4.78 is 0. The lowest BCUT2D eigenvalue weighted by molar-refractivity contribution is -0.122. The Hall–Kier alpha value is -1.00. The van der Waals surface area contributed by atoms with Crippen molar-refractivity contribution in [2.75, 3.05) is 0 Å². The Balaban J connectivity index is 1.88. The van der Waals surface area contributed by atoms with E-state index in [0.29, 0.717) is 0 Å². The molecule has 0 bridgehead atoms. The van der Waals surface area contributed by atoms with E-state index in [-0.39, 0.29) is 11.8 Å². The third-order valence-corrected chi connectivity index (χ3v) is 5.25. The van der Waals surface area contributed by atoms with E-state index in [1.165, 1.54) is 31.2 Å². The average Bonchev–Trinajstić information content (AvgIpc) is 2.97. The van der Waals surface area contributed by atoms with Gasteiger partial charge in [0.25, 0.3) is 0 Å². The lowest BCUT2D eigenvalue weighted by atomic mass is 9.99. The van der Waals surface area contributed by atoms with Gasteiger partial charge in [-0.3, -0.25) is 10.2 Å². The normalized spacial score (nSPS) is 17.4. The molecule has 0 spiro atoms. The molecular formula is C15H22N2OS. The summed E-state index contributed by atoms with van der Waals surface area (Å²) in [5, 5.41) is 0.849. The van der Waals surface area contributed by atoms with Crippen molar-refractivity contribution in [2.24, 2.45) is 5.84 Å². The summed E-state index contributed by atoms with van der Waals surface area (Å²) in [6, 6.07) is 8.31. The Labute approximate surface area is 119 Å². The van der Waals surface area contributed by atoms with Crippen LogP contribution in [0.4, 0.5) is 0 Å². The van der Waals surface area contributed by atoms with Gasteiger partial charge in [0, 0.05) is 11.0 Å². The summed E-state index contributed by atoms with van der Waals surface area (Å²) in [6.07, 6.45) is 5.53. The fourth-order valence-electron chi connectivity index (χ4n) is 2.45. The molecule has 19 heavy (non-hydrogen) atoms. The zero-order valence-corrected chi connectivity index (χ0v) is 12.2. The number of thioether (sulfide) groups is 1. The van der Waals surface area contributed by atoms with Crippen molar-refractivity contribution in [1.29, 1.82) is 0 Å². The molecule has 104 valence electrons. The predicted molar refractivity (Wildman–Crippen MR) is 80.7 cm³/mol. The highest BCUT2D eigenvalue weighted by Gasteiger charge is 2.16. The molecule has 0 aromatic heterocycles. The molecule has 2 rings (SSSR count). The molecule has 0 heterocycles. The summed E-state index contributed by atoms with van der Waals surface area (Å²) in [4.78, 5) is 11.5. The number of carbonyl (C=O) groups excluding carboxylic acids is 1. The molecule has 1 aromatic carbocycles. The standard InChI is InChI=1S/C15H22N2OS/c1-11(15(18)17-16)13-8-6-12(7-9-13)10-19-14-4-2-3-5-14/h6-9,11,14H,2-5,10,16H2,1H3,(H,17,18). The number of hydrogen-bond donors (Lipinski definition) is 2. The molecule has 0 radical (unpaired) electrons. The molecular weight excluding hydrogens is 256 g/mol. The van der Waals surface area contributed by atoms with Crippen molar-refractivity contribution in [3.8, 4) is 0 Å². The fourth-order valence-corrected chi connectivity index (χ4v) is 3.74. The number of nitrogens with one attached hydrogen (secondary N) is 1. The number of hydrogen-bond acceptors (Lipinski definition) is 3. The van der Waals surface area contributed by atoms with Crippen molar-refractivity contribution in [2.45, 2.75) is 49.5 Å². The van der Waals surface area contributed by atoms with E-state index in [0.717, 1.165) is 16.6 Å². The minimum atomic E-state index is -0.193. The molecule has 1 aliphatic carbocycles. The van der Waals surface area contributed by atoms with Gasteiger partial charge in [0.15, 0.2) is 0 Å². The van der Waals surface area contributed by atoms with Gasteiger partial charge in [0.1, 0.15) is 0 Å². The first-order chi connectivity index (χ1) is 9.20. The number of carbonyl (C=O) groups is 1. The predicted octanol–water partition coefficient (Wildman–Crippen LogP) is 2.96. The van der Waals surface area contributed by atoms with Gasteiger partial charge in [-0.1, -0.05) is 37.1 Å². The van der Waals surface area contributed by atoms with Crippen LogP contribution < -0.4 is 11.3 Å². The maximum absolute atomic E-state index is 11.5. The van der Waals surface area contributed by atoms with Crippen molar-refractivity contribution >= 4 is 17.7 Å². The largest absolute Gasteiger partial charge is 0.294 e. The highest BCUT2D eigenvalue weighted by atomic mass is 32.2. The molecule has 3 N–H and O–H groups in total. The summed E-state index contributed by atoms with van der Waals surface area (Å²) in [6.45, 7) is 1.87. The topological polar surface area (TPSA) is 55.1 Å². The van der Waals surface area contributed by atoms with Gasteiger partial charge in [-0.15, -0.1) is 0 Å². The molecule has 1 amide bonds. The second kappa shape index (κ2) is 6.96. The van der Waals surface area contributed by atoms with Gasteiger partial charge in [0.2, 0.25) is 5.91 Å². The number of benzene rings is 1. The SMILES string of the molecule is CC(C(=O)NN)c1ccc(CSC2CCCC2)cc1. The van der Waals surface area contributed by atoms with Gasteiger partial charge in [0.05, 0.1) is 5.92 Å². The Bertz CT molecular complexity index is 413. The van der Waals surface area contributed by atoms with Crippen molar-refractivity contribution in [3.63, 3.8) is 0 Å². The van der Waals surface area contributed by atoms with Crippen LogP contribution in [0.3, 0.4) is 0 Å². The van der Waals surface area contributed by atoms with Crippen LogP contribution >= 0.6 is 11.8 Å². The minimum Gasteiger partial charge on any atom is -0.294 e. The molecule has 3 nitrogen and oxygen atoms in total. The maximum Gasteiger partial charge on any atom is 0.241 e. The van der Waals surface area contributed by atoms with E-state index < -0.39 is 0 Å². The second-order valence-electron chi connectivity index (χ2n) is 5.19. The monoisotopic (exact) mass is 278 g/mol. The summed E-state index contributed by atoms with van der Waals surface area (Å²) in [7, 11) is 0. The number of hydrazine groups is 1. The summed E-state index contributed by atoms with van der Waals surface area (Å²) in [5.74, 6) is 5.89. The van der Waals surface area contributed by atoms with E-state index >= 15 is 0 Å². The number of nitrogens with two attached hydrogens (primary N) is 1. The zero-order valence-electron chi connectivity index (χ0n) is 11.4. The fraction of sp³-hybridized carbons (Fsp3) is 0.533. The van der Waals surface area contributed by atoms with Crippen LogP contribution in [0.2, 0.25) is 0 Å². The highest BCUT2D eigenvalue weighted by molar-refractivity contribution is 7.99. The van der Waals surface area contributed by atoms with Gasteiger partial charge in [-0.25, -0.2) is 5.84 Å². The van der Waals surface area contributed by atoms with Crippen LogP contribution in [0.15, 0.2) is 24.3 Å². The molecule has 1 aliphatic rings. The Morgan fingerprint density at radius 2 is 2.00 bits per heavy atom. The molecule has 0 aliphatic heterocycles. The van der Waals surface area contributed by atoms with Gasteiger partial charge < -0.3 is 0 Å². The van der Waals surface area contributed by atoms with E-state index in [4.69, 9.17) is 5.84 Å². The average molecular weight is 278 g/mol. The second-order valence-corrected chi connectivity index (χ2v) is 6.48. The van der Waals surface area contributed by atoms with Gasteiger partial charge in [-0.2, -0.15) is 11.8 Å². The van der Waals surface area contributed by atoms with E-state index in [2.05, 4.69) is 29.3 Å². The molecule has 4 heteroatoms. The zero-order chi connectivity index (χ0) is 13.7. The van der Waals surface area contributed by atoms with Crippen molar-refractivity contribution in [3.05, 3.63) is 35.4 Å². The van der Waals surface area contributed by atoms with Gasteiger partial charge in [-0.05, 0) is 30.9 Å². The lowest BCUT2D eigenvalue weighted by Crippen LogP contribution is -2.33. The molecule has 1 unspecified atom stereocenters. The maximum atomic E-state index is 11.5. The van der Waals surface area contributed by atoms with Crippen LogP contribution in [0, 0.1) is 0 Å². The van der Waals surface area contributed by atoms with Crippen LogP contribution in [-0.4, -0.2) is 11.2 Å². The highest BCUT2D eigenvalue weighted by Crippen LogP contribution is 2.31. The van der Waals surface area contributed by atoms with Gasteiger partial charge >= 0.3 is 0 Å². The van der Waals surface area contributed by atoms with Crippen LogP contribution in [0.5, 0.6) is 0 Å². The molecule has 0 saturated heterocycles. The molecule has 1 atom stereocenters. The third-order valence-electron chi connectivity index (χ3n) is 3.80. The van der Waals surface area contributed by atoms with Crippen molar-refractivity contribution in [1.82, 2.24) is 5.43 Å². The molecule has 1 fully saturated rings. The first-order valence-electron chi connectivity index (χ1n) is 6.91. The molecule has 1 aromatic rings. The van der Waals surface area contributed by atoms with Crippen LogP contribution in [-0.2, 0) is 10.5 Å². The van der Waals surface area contributed by atoms with E-state index in [1.807, 2.05) is 19.1 Å². The Morgan fingerprint density at radius 1 is 1.37 bits per heavy atom. The van der Waals surface area contributed by atoms with E-state index in [9.17, 15) is 4.79 Å². The number of rotatable bonds is 5. The Kier molecular flexibility index (Phi) is 5.28. The van der Waals surface area contributed by atoms with E-state index in [1.54, 1.807) is 0 Å². The quantitative estimate of drug-likeness (QED) is 0.494. The summed E-state index contributed by atoms with van der Waals surface area (Å²) >= 11 is 2.06. The summed E-state index contributed by atoms with van der Waals surface area (Å²) in [5.41, 5.74) is 4.54.